The van der Waals surface area contributed by atoms with Crippen molar-refractivity contribution in [3.8, 4) is 11.5 Å². The molecule has 0 saturated heterocycles. The summed E-state index contributed by atoms with van der Waals surface area (Å²) >= 11 is 1.43. The number of thiazole rings is 1. The van der Waals surface area contributed by atoms with Gasteiger partial charge in [0.25, 0.3) is 5.91 Å². The molecule has 0 radical (unpaired) electrons. The van der Waals surface area contributed by atoms with Crippen LogP contribution in [0.5, 0.6) is 11.5 Å². The van der Waals surface area contributed by atoms with Gasteiger partial charge in [-0.15, -0.1) is 11.3 Å². The van der Waals surface area contributed by atoms with Gasteiger partial charge in [0, 0.05) is 10.4 Å². The van der Waals surface area contributed by atoms with Gasteiger partial charge in [0.2, 0.25) is 12.7 Å². The Morgan fingerprint density at radius 1 is 1.13 bits per heavy atom. The summed E-state index contributed by atoms with van der Waals surface area (Å²) in [7, 11) is 0. The molecule has 2 N–H and O–H groups in total. The zero-order valence-corrected chi connectivity index (χ0v) is 17.7. The summed E-state index contributed by atoms with van der Waals surface area (Å²) < 4.78 is 10.6. The van der Waals surface area contributed by atoms with Gasteiger partial charge in [0.05, 0.1) is 17.7 Å². The van der Waals surface area contributed by atoms with E-state index in [0.29, 0.717) is 22.2 Å². The van der Waals surface area contributed by atoms with Crippen molar-refractivity contribution in [1.29, 1.82) is 0 Å². The number of amides is 2. The molecule has 0 saturated carbocycles. The van der Waals surface area contributed by atoms with Crippen LogP contribution in [0.15, 0.2) is 48.5 Å². The third-order valence-corrected chi connectivity index (χ3v) is 6.59. The van der Waals surface area contributed by atoms with Crippen molar-refractivity contribution in [2.45, 2.75) is 31.7 Å². The van der Waals surface area contributed by atoms with Crippen LogP contribution in [0.2, 0.25) is 0 Å². The van der Waals surface area contributed by atoms with Gasteiger partial charge in [-0.3, -0.25) is 14.9 Å². The maximum Gasteiger partial charge on any atom is 0.257 e. The number of aryl methyl sites for hydroxylation is 1. The minimum Gasteiger partial charge on any atom is -0.454 e. The Kier molecular flexibility index (Phi) is 5.07. The summed E-state index contributed by atoms with van der Waals surface area (Å²) in [5, 5.41) is 6.44. The number of carbonyl (C=O) groups excluding carboxylic acids is 2. The summed E-state index contributed by atoms with van der Waals surface area (Å²) in [5.41, 5.74) is 2.29. The van der Waals surface area contributed by atoms with E-state index in [1.165, 1.54) is 11.3 Å². The second kappa shape index (κ2) is 8.03. The molecular weight excluding hydrogens is 414 g/mol. The lowest BCUT2D eigenvalue weighted by Crippen LogP contribution is -2.31. The van der Waals surface area contributed by atoms with Crippen molar-refractivity contribution >= 4 is 28.3 Å². The number of hydrogen-bond donors (Lipinski definition) is 2. The maximum absolute atomic E-state index is 12.9. The molecule has 2 amide bonds. The van der Waals surface area contributed by atoms with Crippen LogP contribution in [0.3, 0.4) is 0 Å². The van der Waals surface area contributed by atoms with Crippen LogP contribution in [-0.4, -0.2) is 23.6 Å². The highest BCUT2D eigenvalue weighted by Crippen LogP contribution is 2.39. The molecule has 1 aromatic heterocycles. The number of aromatic nitrogens is 1. The van der Waals surface area contributed by atoms with Gasteiger partial charge >= 0.3 is 0 Å². The standard InChI is InChI=1S/C23H21N3O4S/c1-13(14-5-3-2-4-6-14)24-22(28)16-8-10-19-20(16)25-23(31-19)26-21(27)15-7-9-17-18(11-15)30-12-29-17/h2-7,9,11,13,16H,8,10,12H2,1H3,(H,24,28)(H,25,26,27)/t13-,16+/m1/s1. The Morgan fingerprint density at radius 3 is 2.77 bits per heavy atom. The monoisotopic (exact) mass is 435 g/mol. The third-order valence-electron chi connectivity index (χ3n) is 5.55. The average molecular weight is 436 g/mol. The summed E-state index contributed by atoms with van der Waals surface area (Å²) in [4.78, 5) is 31.2. The molecule has 0 unspecified atom stereocenters. The molecule has 2 heterocycles. The first-order valence-electron chi connectivity index (χ1n) is 10.1. The van der Waals surface area contributed by atoms with Crippen LogP contribution >= 0.6 is 11.3 Å². The van der Waals surface area contributed by atoms with Gasteiger partial charge < -0.3 is 14.8 Å². The van der Waals surface area contributed by atoms with E-state index in [4.69, 9.17) is 9.47 Å². The molecule has 3 aromatic rings. The van der Waals surface area contributed by atoms with Crippen LogP contribution in [0.1, 0.15) is 51.8 Å². The summed E-state index contributed by atoms with van der Waals surface area (Å²) in [6.45, 7) is 2.13. The van der Waals surface area contributed by atoms with Crippen molar-refractivity contribution in [3.63, 3.8) is 0 Å². The number of carbonyl (C=O) groups is 2. The minimum absolute atomic E-state index is 0.0333. The molecule has 1 aliphatic heterocycles. The fourth-order valence-corrected chi connectivity index (χ4v) is 4.92. The van der Waals surface area contributed by atoms with E-state index in [2.05, 4.69) is 15.6 Å². The number of fused-ring (bicyclic) bond motifs is 2. The number of ether oxygens (including phenoxy) is 2. The van der Waals surface area contributed by atoms with Gasteiger partial charge in [0.15, 0.2) is 16.6 Å². The van der Waals surface area contributed by atoms with E-state index in [1.54, 1.807) is 18.2 Å². The number of anilines is 1. The summed E-state index contributed by atoms with van der Waals surface area (Å²) in [5.74, 6) is 0.578. The van der Waals surface area contributed by atoms with Crippen molar-refractivity contribution < 1.29 is 19.1 Å². The quantitative estimate of drug-likeness (QED) is 0.632. The number of hydrogen-bond acceptors (Lipinski definition) is 6. The molecule has 31 heavy (non-hydrogen) atoms. The van der Waals surface area contributed by atoms with Crippen LogP contribution in [0.4, 0.5) is 5.13 Å². The van der Waals surface area contributed by atoms with Crippen molar-refractivity contribution in [2.24, 2.45) is 0 Å². The van der Waals surface area contributed by atoms with Gasteiger partial charge in [-0.05, 0) is 43.5 Å². The fraction of sp³-hybridized carbons (Fsp3) is 0.261. The molecule has 0 spiro atoms. The van der Waals surface area contributed by atoms with Crippen molar-refractivity contribution in [2.75, 3.05) is 12.1 Å². The Morgan fingerprint density at radius 2 is 1.94 bits per heavy atom. The molecule has 2 aliphatic rings. The maximum atomic E-state index is 12.9. The minimum atomic E-state index is -0.298. The van der Waals surface area contributed by atoms with Crippen LogP contribution in [-0.2, 0) is 11.2 Å². The third kappa shape index (κ3) is 3.86. The second-order valence-corrected chi connectivity index (χ2v) is 8.67. The van der Waals surface area contributed by atoms with Crippen LogP contribution < -0.4 is 20.1 Å². The Balaban J connectivity index is 1.27. The van der Waals surface area contributed by atoms with Crippen LogP contribution in [0, 0.1) is 0 Å². The Bertz CT molecular complexity index is 1140. The molecule has 2 aromatic carbocycles. The number of nitrogens with zero attached hydrogens (tertiary/aromatic N) is 1. The topological polar surface area (TPSA) is 89.6 Å². The van der Waals surface area contributed by atoms with E-state index in [-0.39, 0.29) is 30.6 Å². The molecular formula is C23H21N3O4S. The highest BCUT2D eigenvalue weighted by molar-refractivity contribution is 7.16. The van der Waals surface area contributed by atoms with E-state index in [9.17, 15) is 9.59 Å². The zero-order chi connectivity index (χ0) is 21.4. The lowest BCUT2D eigenvalue weighted by molar-refractivity contribution is -0.123. The Labute approximate surface area is 183 Å². The lowest BCUT2D eigenvalue weighted by Gasteiger charge is -2.17. The van der Waals surface area contributed by atoms with Gasteiger partial charge in [-0.2, -0.15) is 0 Å². The highest BCUT2D eigenvalue weighted by Gasteiger charge is 2.33. The molecule has 5 rings (SSSR count). The van der Waals surface area contributed by atoms with E-state index >= 15 is 0 Å². The normalized spacial score (nSPS) is 17.1. The molecule has 1 aliphatic carbocycles. The van der Waals surface area contributed by atoms with Crippen molar-refractivity contribution in [1.82, 2.24) is 10.3 Å². The second-order valence-electron chi connectivity index (χ2n) is 7.58. The highest BCUT2D eigenvalue weighted by atomic mass is 32.1. The first-order chi connectivity index (χ1) is 15.1. The molecule has 8 heteroatoms. The van der Waals surface area contributed by atoms with E-state index in [1.807, 2.05) is 37.3 Å². The van der Waals surface area contributed by atoms with E-state index in [0.717, 1.165) is 29.0 Å². The Hall–Kier alpha value is -3.39. The smallest absolute Gasteiger partial charge is 0.257 e. The van der Waals surface area contributed by atoms with Crippen molar-refractivity contribution in [3.05, 3.63) is 70.2 Å². The van der Waals surface area contributed by atoms with Crippen LogP contribution in [0.25, 0.3) is 0 Å². The predicted octanol–water partition coefficient (Wildman–Crippen LogP) is 4.03. The molecule has 7 nitrogen and oxygen atoms in total. The summed E-state index contributed by atoms with van der Waals surface area (Å²) in [6, 6.07) is 14.8. The first kappa shape index (κ1) is 19.6. The zero-order valence-electron chi connectivity index (χ0n) is 16.9. The first-order valence-corrected chi connectivity index (χ1v) is 11.0. The number of benzene rings is 2. The molecule has 0 bridgehead atoms. The average Bonchev–Trinajstić information content (AvgIpc) is 3.49. The lowest BCUT2D eigenvalue weighted by atomic mass is 10.0. The number of rotatable bonds is 5. The van der Waals surface area contributed by atoms with Gasteiger partial charge in [-0.25, -0.2) is 4.98 Å². The largest absolute Gasteiger partial charge is 0.454 e. The summed E-state index contributed by atoms with van der Waals surface area (Å²) in [6.07, 6.45) is 1.52. The molecule has 0 fully saturated rings. The van der Waals surface area contributed by atoms with E-state index < -0.39 is 0 Å². The van der Waals surface area contributed by atoms with Gasteiger partial charge in [-0.1, -0.05) is 30.3 Å². The molecule has 158 valence electrons. The SMILES string of the molecule is C[C@@H](NC(=O)[C@H]1CCc2sc(NC(=O)c3ccc4c(c3)OCO4)nc21)c1ccccc1. The van der Waals surface area contributed by atoms with Gasteiger partial charge in [0.1, 0.15) is 0 Å². The fourth-order valence-electron chi connectivity index (χ4n) is 3.88. The molecule has 2 atom stereocenters. The number of nitrogens with one attached hydrogen (secondary N) is 2. The predicted molar refractivity (Wildman–Crippen MR) is 117 cm³/mol.